The Morgan fingerprint density at radius 3 is 2.79 bits per heavy atom. The fraction of sp³-hybridized carbons (Fsp3) is 0.143. The highest BCUT2D eigenvalue weighted by atomic mass is 79.9. The van der Waals surface area contributed by atoms with Crippen LogP contribution in [0.25, 0.3) is 6.08 Å². The van der Waals surface area contributed by atoms with Crippen molar-refractivity contribution in [2.75, 3.05) is 13.7 Å². The second-order valence-electron chi connectivity index (χ2n) is 6.10. The summed E-state index contributed by atoms with van der Waals surface area (Å²) in [6.07, 6.45) is 1.61. The van der Waals surface area contributed by atoms with E-state index in [0.29, 0.717) is 38.7 Å². The summed E-state index contributed by atoms with van der Waals surface area (Å²) in [4.78, 5) is 16.5. The van der Waals surface area contributed by atoms with Crippen LogP contribution in [0.3, 0.4) is 0 Å². The normalized spacial score (nSPS) is 14.6. The van der Waals surface area contributed by atoms with Gasteiger partial charge in [-0.05, 0) is 64.3 Å². The average molecular weight is 463 g/mol. The summed E-state index contributed by atoms with van der Waals surface area (Å²) in [6, 6.07) is 10.6. The fourth-order valence-corrected chi connectivity index (χ4v) is 3.27. The number of ether oxygens (including phenoxy) is 3. The third-order valence-corrected chi connectivity index (χ3v) is 4.66. The van der Waals surface area contributed by atoms with Gasteiger partial charge < -0.3 is 14.2 Å². The molecule has 0 bridgehead atoms. The molecule has 0 spiro atoms. The van der Waals surface area contributed by atoms with E-state index in [4.69, 9.17) is 25.8 Å². The maximum atomic E-state index is 12.2. The molecule has 0 amide bonds. The highest BCUT2D eigenvalue weighted by Crippen LogP contribution is 2.38. The predicted molar refractivity (Wildman–Crippen MR) is 113 cm³/mol. The standard InChI is InChI=1S/C21H17BrClNO4/c1-12(2)11-27-19-15(22)8-13(10-18(19)26-3)9-17-21(25)28-20(24-17)14-6-4-5-7-16(14)23/h4-10H,1,11H2,2-3H3/b17-9-. The SMILES string of the molecule is C=C(C)COc1c(Br)cc(/C=C2\N=C(c3ccccc3Cl)OC2=O)cc1OC. The number of halogens is 2. The van der Waals surface area contributed by atoms with Crippen LogP contribution in [0, 0.1) is 0 Å². The zero-order valence-corrected chi connectivity index (χ0v) is 17.6. The number of carbonyl (C=O) groups is 1. The minimum absolute atomic E-state index is 0.166. The van der Waals surface area contributed by atoms with Crippen LogP contribution in [0.4, 0.5) is 0 Å². The van der Waals surface area contributed by atoms with Crippen LogP contribution in [0.2, 0.25) is 5.02 Å². The Balaban J connectivity index is 1.94. The van der Waals surface area contributed by atoms with Gasteiger partial charge in [-0.1, -0.05) is 30.3 Å². The van der Waals surface area contributed by atoms with Gasteiger partial charge in [-0.25, -0.2) is 9.79 Å². The molecule has 0 saturated heterocycles. The maximum Gasteiger partial charge on any atom is 0.363 e. The van der Waals surface area contributed by atoms with Crippen LogP contribution in [0.5, 0.6) is 11.5 Å². The molecule has 2 aromatic carbocycles. The molecule has 0 atom stereocenters. The van der Waals surface area contributed by atoms with E-state index in [1.54, 1.807) is 49.6 Å². The van der Waals surface area contributed by atoms with Crippen LogP contribution in [0.15, 0.2) is 63.7 Å². The molecule has 2 aromatic rings. The zero-order chi connectivity index (χ0) is 20.3. The largest absolute Gasteiger partial charge is 0.493 e. The van der Waals surface area contributed by atoms with Gasteiger partial charge in [0.05, 0.1) is 22.2 Å². The Labute approximate surface area is 176 Å². The van der Waals surface area contributed by atoms with E-state index in [0.717, 1.165) is 5.57 Å². The number of nitrogens with zero attached hydrogens (tertiary/aromatic N) is 1. The van der Waals surface area contributed by atoms with Gasteiger partial charge in [-0.3, -0.25) is 0 Å². The van der Waals surface area contributed by atoms with Crippen molar-refractivity contribution < 1.29 is 19.0 Å². The molecule has 1 aliphatic rings. The molecular formula is C21H17BrClNO4. The lowest BCUT2D eigenvalue weighted by Gasteiger charge is -2.13. The number of methoxy groups -OCH3 is 1. The van der Waals surface area contributed by atoms with Crippen LogP contribution in [0.1, 0.15) is 18.1 Å². The van der Waals surface area contributed by atoms with Crippen molar-refractivity contribution in [3.05, 3.63) is 74.9 Å². The Morgan fingerprint density at radius 2 is 2.11 bits per heavy atom. The topological polar surface area (TPSA) is 57.1 Å². The summed E-state index contributed by atoms with van der Waals surface area (Å²) in [7, 11) is 1.55. The first-order valence-electron chi connectivity index (χ1n) is 8.31. The molecule has 28 heavy (non-hydrogen) atoms. The lowest BCUT2D eigenvalue weighted by atomic mass is 10.1. The van der Waals surface area contributed by atoms with Crippen molar-refractivity contribution in [3.63, 3.8) is 0 Å². The number of esters is 1. The van der Waals surface area contributed by atoms with E-state index >= 15 is 0 Å². The van der Waals surface area contributed by atoms with E-state index < -0.39 is 5.97 Å². The van der Waals surface area contributed by atoms with Gasteiger partial charge in [0.2, 0.25) is 5.90 Å². The molecule has 1 heterocycles. The molecule has 1 aliphatic heterocycles. The summed E-state index contributed by atoms with van der Waals surface area (Å²) < 4.78 is 17.1. The second-order valence-corrected chi connectivity index (χ2v) is 7.36. The monoisotopic (exact) mass is 461 g/mol. The number of aliphatic imine (C=N–C) groups is 1. The van der Waals surface area contributed by atoms with Crippen LogP contribution >= 0.6 is 27.5 Å². The first-order chi connectivity index (χ1) is 13.4. The molecule has 0 aliphatic carbocycles. The number of carbonyl (C=O) groups excluding carboxylic acids is 1. The Morgan fingerprint density at radius 1 is 1.36 bits per heavy atom. The Kier molecular flexibility index (Phi) is 6.21. The average Bonchev–Trinajstić information content (AvgIpc) is 3.00. The predicted octanol–water partition coefficient (Wildman–Crippen LogP) is 5.41. The highest BCUT2D eigenvalue weighted by Gasteiger charge is 2.25. The van der Waals surface area contributed by atoms with Gasteiger partial charge in [0, 0.05) is 0 Å². The van der Waals surface area contributed by atoms with E-state index in [2.05, 4.69) is 27.5 Å². The van der Waals surface area contributed by atoms with Crippen molar-refractivity contribution in [1.29, 1.82) is 0 Å². The summed E-state index contributed by atoms with van der Waals surface area (Å²) in [6.45, 7) is 6.06. The number of rotatable bonds is 6. The quantitative estimate of drug-likeness (QED) is 0.327. The Bertz CT molecular complexity index is 1010. The van der Waals surface area contributed by atoms with Gasteiger partial charge >= 0.3 is 5.97 Å². The van der Waals surface area contributed by atoms with Crippen molar-refractivity contribution in [1.82, 2.24) is 0 Å². The minimum atomic E-state index is -0.549. The molecule has 5 nitrogen and oxygen atoms in total. The molecule has 144 valence electrons. The highest BCUT2D eigenvalue weighted by molar-refractivity contribution is 9.10. The van der Waals surface area contributed by atoms with Gasteiger partial charge in [-0.15, -0.1) is 0 Å². The van der Waals surface area contributed by atoms with E-state index in [-0.39, 0.29) is 11.6 Å². The Hall–Kier alpha value is -2.57. The van der Waals surface area contributed by atoms with E-state index in [1.807, 2.05) is 6.92 Å². The molecule has 3 rings (SSSR count). The number of cyclic esters (lactones) is 1. The number of hydrogen-bond acceptors (Lipinski definition) is 5. The lowest BCUT2D eigenvalue weighted by Crippen LogP contribution is -2.05. The summed E-state index contributed by atoms with van der Waals surface area (Å²) in [5.74, 6) is 0.702. The molecule has 0 saturated carbocycles. The van der Waals surface area contributed by atoms with Crippen molar-refractivity contribution in [3.8, 4) is 11.5 Å². The van der Waals surface area contributed by atoms with Crippen molar-refractivity contribution in [2.45, 2.75) is 6.92 Å². The first-order valence-corrected chi connectivity index (χ1v) is 9.48. The van der Waals surface area contributed by atoms with Gasteiger partial charge in [0.1, 0.15) is 6.61 Å². The van der Waals surface area contributed by atoms with Gasteiger partial charge in [-0.2, -0.15) is 0 Å². The zero-order valence-electron chi connectivity index (χ0n) is 15.3. The van der Waals surface area contributed by atoms with Gasteiger partial charge in [0.25, 0.3) is 0 Å². The molecule has 0 radical (unpaired) electrons. The molecule has 0 aromatic heterocycles. The summed E-state index contributed by atoms with van der Waals surface area (Å²) in [5, 5.41) is 0.457. The van der Waals surface area contributed by atoms with Crippen LogP contribution in [-0.2, 0) is 9.53 Å². The molecule has 0 fully saturated rings. The van der Waals surface area contributed by atoms with Crippen molar-refractivity contribution in [2.24, 2.45) is 4.99 Å². The van der Waals surface area contributed by atoms with E-state index in [9.17, 15) is 4.79 Å². The van der Waals surface area contributed by atoms with Crippen LogP contribution in [-0.4, -0.2) is 25.6 Å². The first kappa shape index (κ1) is 20.2. The lowest BCUT2D eigenvalue weighted by molar-refractivity contribution is -0.129. The minimum Gasteiger partial charge on any atom is -0.493 e. The van der Waals surface area contributed by atoms with Crippen molar-refractivity contribution >= 4 is 45.5 Å². The summed E-state index contributed by atoms with van der Waals surface area (Å²) in [5.41, 5.74) is 2.31. The third-order valence-electron chi connectivity index (χ3n) is 3.74. The number of benzene rings is 2. The summed E-state index contributed by atoms with van der Waals surface area (Å²) >= 11 is 9.63. The number of hydrogen-bond donors (Lipinski definition) is 0. The fourth-order valence-electron chi connectivity index (χ4n) is 2.48. The molecule has 0 N–H and O–H groups in total. The van der Waals surface area contributed by atoms with Gasteiger partial charge in [0.15, 0.2) is 17.2 Å². The second kappa shape index (κ2) is 8.63. The molecule has 7 heteroatoms. The maximum absolute atomic E-state index is 12.2. The smallest absolute Gasteiger partial charge is 0.363 e. The van der Waals surface area contributed by atoms with E-state index in [1.165, 1.54) is 0 Å². The van der Waals surface area contributed by atoms with Crippen LogP contribution < -0.4 is 9.47 Å². The molecular weight excluding hydrogens is 446 g/mol. The molecule has 0 unspecified atom stereocenters. The third kappa shape index (κ3) is 4.46.